The molecule has 6 heteroatoms. The number of rotatable bonds is 5. The van der Waals surface area contributed by atoms with Gasteiger partial charge in [-0.1, -0.05) is 6.42 Å². The Labute approximate surface area is 154 Å². The number of nitrogens with zero attached hydrogens (tertiary/aromatic N) is 1. The molecule has 2 bridgehead atoms. The number of halogens is 1. The van der Waals surface area contributed by atoms with Gasteiger partial charge in [0.1, 0.15) is 5.60 Å². The molecule has 2 saturated carbocycles. The number of hydrogen-bond acceptors (Lipinski definition) is 4. The molecule has 1 aromatic rings. The average molecular weight is 371 g/mol. The predicted octanol–water partition coefficient (Wildman–Crippen LogP) is 3.25. The number of carbonyl (C=O) groups excluding carboxylic acids is 1. The van der Waals surface area contributed by atoms with Crippen LogP contribution in [0.5, 0.6) is 0 Å². The molecule has 4 rings (SSSR count). The lowest BCUT2D eigenvalue weighted by Crippen LogP contribution is -2.59. The van der Waals surface area contributed by atoms with E-state index in [1.54, 1.807) is 11.3 Å². The Balaban J connectivity index is 0.00000169. The molecule has 3 fully saturated rings. The van der Waals surface area contributed by atoms with Gasteiger partial charge >= 0.3 is 0 Å². The molecule has 0 unspecified atom stereocenters. The Morgan fingerprint density at radius 2 is 2.00 bits per heavy atom. The molecule has 4 nitrogen and oxygen atoms in total. The number of carbonyl (C=O) groups is 1. The van der Waals surface area contributed by atoms with E-state index in [1.165, 1.54) is 43.5 Å². The number of piperidine rings is 1. The van der Waals surface area contributed by atoms with Gasteiger partial charge in [0.15, 0.2) is 0 Å². The number of primary amides is 1. The molecule has 3 atom stereocenters. The topological polar surface area (TPSA) is 55.6 Å². The van der Waals surface area contributed by atoms with E-state index in [0.717, 1.165) is 19.0 Å². The molecule has 24 heavy (non-hydrogen) atoms. The van der Waals surface area contributed by atoms with Gasteiger partial charge in [-0.05, 0) is 37.7 Å². The summed E-state index contributed by atoms with van der Waals surface area (Å²) in [4.78, 5) is 15.4. The van der Waals surface area contributed by atoms with E-state index in [4.69, 9.17) is 10.5 Å². The largest absolute Gasteiger partial charge is 0.372 e. The number of thiophene rings is 1. The van der Waals surface area contributed by atoms with Gasteiger partial charge in [-0.3, -0.25) is 4.79 Å². The number of likely N-dealkylation sites (tertiary alicyclic amines) is 1. The van der Waals surface area contributed by atoms with Crippen molar-refractivity contribution in [2.75, 3.05) is 26.7 Å². The number of ether oxygens (including phenoxy) is 1. The average Bonchev–Trinajstić information content (AvgIpc) is 3.18. The van der Waals surface area contributed by atoms with E-state index < -0.39 is 0 Å². The van der Waals surface area contributed by atoms with Crippen molar-refractivity contribution in [1.29, 1.82) is 0 Å². The first-order valence-electron chi connectivity index (χ1n) is 8.79. The summed E-state index contributed by atoms with van der Waals surface area (Å²) in [5.74, 6) is 1.65. The summed E-state index contributed by atoms with van der Waals surface area (Å²) < 4.78 is 6.23. The van der Waals surface area contributed by atoms with Gasteiger partial charge in [0, 0.05) is 48.8 Å². The third-order valence-corrected chi connectivity index (χ3v) is 7.16. The van der Waals surface area contributed by atoms with Crippen LogP contribution in [0.3, 0.4) is 0 Å². The second-order valence-corrected chi connectivity index (χ2v) is 8.46. The number of hydrogen-bond donors (Lipinski definition) is 1. The molecule has 2 aliphatic carbocycles. The van der Waals surface area contributed by atoms with E-state index >= 15 is 0 Å². The molecule has 1 aromatic heterocycles. The minimum absolute atomic E-state index is 0. The van der Waals surface area contributed by atoms with Crippen molar-refractivity contribution in [2.24, 2.45) is 23.5 Å². The van der Waals surface area contributed by atoms with Crippen molar-refractivity contribution >= 4 is 29.7 Å². The van der Waals surface area contributed by atoms with Gasteiger partial charge in [-0.2, -0.15) is 0 Å². The lowest BCUT2D eigenvalue weighted by atomic mass is 9.64. The summed E-state index contributed by atoms with van der Waals surface area (Å²) in [5.41, 5.74) is 5.87. The van der Waals surface area contributed by atoms with Crippen LogP contribution in [-0.2, 0) is 10.3 Å². The Morgan fingerprint density at radius 1 is 1.33 bits per heavy atom. The highest BCUT2D eigenvalue weighted by atomic mass is 35.5. The van der Waals surface area contributed by atoms with Crippen LogP contribution in [0.1, 0.15) is 47.3 Å². The maximum Gasteiger partial charge on any atom is 0.249 e. The molecule has 2 N–H and O–H groups in total. The van der Waals surface area contributed by atoms with Crippen molar-refractivity contribution in [1.82, 2.24) is 4.90 Å². The van der Waals surface area contributed by atoms with Crippen molar-refractivity contribution in [2.45, 2.75) is 37.7 Å². The van der Waals surface area contributed by atoms with Crippen molar-refractivity contribution in [3.05, 3.63) is 21.9 Å². The van der Waals surface area contributed by atoms with Gasteiger partial charge in [-0.15, -0.1) is 23.7 Å². The van der Waals surface area contributed by atoms with Gasteiger partial charge in [0.25, 0.3) is 0 Å². The summed E-state index contributed by atoms with van der Waals surface area (Å²) >= 11 is 1.65. The van der Waals surface area contributed by atoms with E-state index in [-0.39, 0.29) is 23.9 Å². The lowest BCUT2D eigenvalue weighted by Gasteiger charge is -2.55. The summed E-state index contributed by atoms with van der Waals surface area (Å²) in [5, 5.41) is 1.89. The third kappa shape index (κ3) is 3.00. The fraction of sp³-hybridized carbons (Fsp3) is 0.722. The quantitative estimate of drug-likeness (QED) is 0.865. The second kappa shape index (κ2) is 6.94. The molecular formula is C18H27ClN2O2S. The molecule has 3 aliphatic rings. The summed E-state index contributed by atoms with van der Waals surface area (Å²) in [7, 11) is 1.85. The highest BCUT2D eigenvalue weighted by molar-refractivity contribution is 7.10. The summed E-state index contributed by atoms with van der Waals surface area (Å²) in [6.07, 6.45) is 6.55. The Bertz CT molecular complexity index is 588. The van der Waals surface area contributed by atoms with Gasteiger partial charge in [-0.25, -0.2) is 0 Å². The van der Waals surface area contributed by atoms with E-state index in [0.29, 0.717) is 17.4 Å². The Kier molecular flexibility index (Phi) is 5.26. The Hall–Kier alpha value is -0.620. The van der Waals surface area contributed by atoms with Crippen LogP contribution in [0.25, 0.3) is 0 Å². The van der Waals surface area contributed by atoms with Crippen LogP contribution in [0.4, 0.5) is 0 Å². The third-order valence-electron chi connectivity index (χ3n) is 6.10. The monoisotopic (exact) mass is 370 g/mol. The van der Waals surface area contributed by atoms with Gasteiger partial charge < -0.3 is 15.4 Å². The van der Waals surface area contributed by atoms with E-state index in [2.05, 4.69) is 4.90 Å². The van der Waals surface area contributed by atoms with Crippen LogP contribution < -0.4 is 5.73 Å². The molecular weight excluding hydrogens is 344 g/mol. The molecule has 2 heterocycles. The summed E-state index contributed by atoms with van der Waals surface area (Å²) in [6.45, 7) is 3.53. The highest BCUT2D eigenvalue weighted by Crippen LogP contribution is 2.53. The number of nitrogens with two attached hydrogens (primary N) is 1. The zero-order valence-corrected chi connectivity index (χ0v) is 15.8. The molecule has 1 amide bonds. The second-order valence-electron chi connectivity index (χ2n) is 7.55. The first-order valence-corrected chi connectivity index (χ1v) is 9.67. The Morgan fingerprint density at radius 3 is 2.50 bits per heavy atom. The van der Waals surface area contributed by atoms with Crippen molar-refractivity contribution in [3.8, 4) is 0 Å². The molecule has 0 spiro atoms. The maximum absolute atomic E-state index is 11.5. The highest BCUT2D eigenvalue weighted by Gasteiger charge is 2.54. The van der Waals surface area contributed by atoms with Crippen LogP contribution in [0.15, 0.2) is 11.4 Å². The van der Waals surface area contributed by atoms with E-state index in [9.17, 15) is 4.79 Å². The SMILES string of the molecule is CO[C@]1(c2cc(C(N)=O)cs2)[C@@H]2CCC[C@H]1CN(CC1CC1)C2.Cl. The number of fused-ring (bicyclic) bond motifs is 2. The smallest absolute Gasteiger partial charge is 0.249 e. The standard InChI is InChI=1S/C18H26N2O2S.ClH/c1-22-18(16-7-13(11-23-16)17(19)21)14-3-2-4-15(18)10-20(9-14)8-12-5-6-12;/h7,11-12,14-15H,2-6,8-10H2,1H3,(H2,19,21);1H/t14-,15+,18-;. The summed E-state index contributed by atoms with van der Waals surface area (Å²) in [6, 6.07) is 1.98. The minimum Gasteiger partial charge on any atom is -0.372 e. The van der Waals surface area contributed by atoms with Gasteiger partial charge in [0.2, 0.25) is 5.91 Å². The van der Waals surface area contributed by atoms with Crippen LogP contribution in [0, 0.1) is 17.8 Å². The number of methoxy groups -OCH3 is 1. The predicted molar refractivity (Wildman–Crippen MR) is 98.8 cm³/mol. The first kappa shape index (κ1) is 18.2. The zero-order chi connectivity index (χ0) is 16.0. The lowest BCUT2D eigenvalue weighted by molar-refractivity contribution is -0.167. The molecule has 0 aromatic carbocycles. The fourth-order valence-corrected chi connectivity index (χ4v) is 6.08. The van der Waals surface area contributed by atoms with Crippen LogP contribution >= 0.6 is 23.7 Å². The normalized spacial score (nSPS) is 33.0. The first-order chi connectivity index (χ1) is 11.1. The minimum atomic E-state index is -0.338. The number of amides is 1. The van der Waals surface area contributed by atoms with Crippen LogP contribution in [-0.4, -0.2) is 37.6 Å². The zero-order valence-electron chi connectivity index (χ0n) is 14.2. The molecule has 1 saturated heterocycles. The van der Waals surface area contributed by atoms with Crippen molar-refractivity contribution < 1.29 is 9.53 Å². The van der Waals surface area contributed by atoms with Crippen molar-refractivity contribution in [3.63, 3.8) is 0 Å². The molecule has 0 radical (unpaired) electrons. The van der Waals surface area contributed by atoms with Gasteiger partial charge in [0.05, 0.1) is 5.56 Å². The fourth-order valence-electron chi connectivity index (χ4n) is 4.85. The molecule has 134 valence electrons. The molecule has 1 aliphatic heterocycles. The van der Waals surface area contributed by atoms with E-state index in [1.807, 2.05) is 18.6 Å². The van der Waals surface area contributed by atoms with Crippen LogP contribution in [0.2, 0.25) is 0 Å². The maximum atomic E-state index is 11.5.